The summed E-state index contributed by atoms with van der Waals surface area (Å²) >= 11 is 0. The largest absolute Gasteiger partial charge is 0.490 e. The molecular weight excluding hydrogens is 661 g/mol. The van der Waals surface area contributed by atoms with Crippen molar-refractivity contribution >= 4 is 32.9 Å². The number of nitrogens with zero attached hydrogens (tertiary/aromatic N) is 4. The van der Waals surface area contributed by atoms with Gasteiger partial charge in [-0.25, -0.2) is 13.2 Å². The van der Waals surface area contributed by atoms with Gasteiger partial charge in [-0.2, -0.15) is 17.5 Å². The lowest BCUT2D eigenvalue weighted by molar-refractivity contribution is -0.137. The third kappa shape index (κ3) is 7.12. The van der Waals surface area contributed by atoms with Gasteiger partial charge in [0.05, 0.1) is 17.1 Å². The van der Waals surface area contributed by atoms with Crippen LogP contribution in [0.4, 0.5) is 18.0 Å². The quantitative estimate of drug-likeness (QED) is 0.230. The third-order valence-electron chi connectivity index (χ3n) is 9.82. The molecule has 266 valence electrons. The van der Waals surface area contributed by atoms with Gasteiger partial charge in [0.25, 0.3) is 5.91 Å². The first-order chi connectivity index (χ1) is 23.3. The predicted molar refractivity (Wildman–Crippen MR) is 177 cm³/mol. The highest BCUT2D eigenvalue weighted by Gasteiger charge is 2.45. The fourth-order valence-electron chi connectivity index (χ4n) is 7.36. The van der Waals surface area contributed by atoms with Gasteiger partial charge in [-0.1, -0.05) is 13.3 Å². The zero-order chi connectivity index (χ0) is 35.1. The van der Waals surface area contributed by atoms with Gasteiger partial charge in [0.1, 0.15) is 17.5 Å². The summed E-state index contributed by atoms with van der Waals surface area (Å²) in [6, 6.07) is 11.2. The second-order valence-corrected chi connectivity index (χ2v) is 15.3. The summed E-state index contributed by atoms with van der Waals surface area (Å²) in [6.07, 6.45) is 0.318. The molecule has 49 heavy (non-hydrogen) atoms. The molecule has 3 fully saturated rings. The van der Waals surface area contributed by atoms with Gasteiger partial charge in [0.15, 0.2) is 0 Å². The molecule has 0 radical (unpaired) electrons. The Morgan fingerprint density at radius 1 is 0.939 bits per heavy atom. The maximum Gasteiger partial charge on any atom is 0.416 e. The van der Waals surface area contributed by atoms with Crippen molar-refractivity contribution in [3.8, 4) is 5.75 Å². The number of fused-ring (bicyclic) bond motifs is 3. The van der Waals surface area contributed by atoms with Gasteiger partial charge < -0.3 is 23.8 Å². The van der Waals surface area contributed by atoms with E-state index in [4.69, 9.17) is 9.47 Å². The SMILES string of the molecule is CCCCOC(=O)N1[C@@H]2CC[C@H]1CC(Oc1ccc3c(c1)cc(C(=O)N1CCN(S(=O)(=O)c4ccc(C(F)(F)F)cc4)CC1)n3C(C)C)C2. The van der Waals surface area contributed by atoms with Crippen molar-refractivity contribution in [2.24, 2.45) is 0 Å². The Labute approximate surface area is 284 Å². The maximum atomic E-state index is 13.9. The van der Waals surface area contributed by atoms with Gasteiger partial charge in [-0.05, 0) is 81.6 Å². The Kier molecular flexibility index (Phi) is 9.91. The van der Waals surface area contributed by atoms with E-state index in [0.717, 1.165) is 73.7 Å². The normalized spacial score (nSPS) is 21.8. The zero-order valence-electron chi connectivity index (χ0n) is 28.0. The summed E-state index contributed by atoms with van der Waals surface area (Å²) in [4.78, 5) is 29.9. The number of rotatable bonds is 9. The van der Waals surface area contributed by atoms with E-state index in [2.05, 4.69) is 6.92 Å². The van der Waals surface area contributed by atoms with Crippen LogP contribution in [-0.2, 0) is 20.9 Å². The van der Waals surface area contributed by atoms with Crippen LogP contribution in [0.3, 0.4) is 0 Å². The van der Waals surface area contributed by atoms with Gasteiger partial charge in [0, 0.05) is 68.0 Å². The van der Waals surface area contributed by atoms with Crippen molar-refractivity contribution in [1.29, 1.82) is 0 Å². The average Bonchev–Trinajstić information content (AvgIpc) is 3.58. The van der Waals surface area contributed by atoms with E-state index < -0.39 is 21.8 Å². The molecule has 0 aliphatic carbocycles. The first kappa shape index (κ1) is 35.1. The first-order valence-corrected chi connectivity index (χ1v) is 18.4. The molecule has 2 aromatic carbocycles. The topological polar surface area (TPSA) is 101 Å². The minimum Gasteiger partial charge on any atom is -0.490 e. The predicted octanol–water partition coefficient (Wildman–Crippen LogP) is 6.70. The highest BCUT2D eigenvalue weighted by molar-refractivity contribution is 7.89. The van der Waals surface area contributed by atoms with E-state index in [1.807, 2.05) is 47.6 Å². The van der Waals surface area contributed by atoms with Gasteiger partial charge in [-0.15, -0.1) is 0 Å². The fourth-order valence-corrected chi connectivity index (χ4v) is 8.78. The van der Waals surface area contributed by atoms with E-state index in [-0.39, 0.29) is 67.3 Å². The minimum atomic E-state index is -4.56. The molecule has 6 rings (SSSR count). The number of hydrogen-bond acceptors (Lipinski definition) is 6. The Morgan fingerprint density at radius 2 is 1.59 bits per heavy atom. The smallest absolute Gasteiger partial charge is 0.416 e. The van der Waals surface area contributed by atoms with Gasteiger partial charge in [-0.3, -0.25) is 4.79 Å². The molecule has 3 aliphatic rings. The van der Waals surface area contributed by atoms with Crippen molar-refractivity contribution in [2.45, 2.75) is 94.6 Å². The number of alkyl halides is 3. The van der Waals surface area contributed by atoms with E-state index in [9.17, 15) is 31.2 Å². The van der Waals surface area contributed by atoms with Crippen LogP contribution in [0.1, 0.15) is 81.4 Å². The van der Waals surface area contributed by atoms with Crippen LogP contribution in [0.5, 0.6) is 5.75 Å². The third-order valence-corrected chi connectivity index (χ3v) is 11.7. The number of aromatic nitrogens is 1. The number of benzene rings is 2. The number of piperidine rings is 1. The summed E-state index contributed by atoms with van der Waals surface area (Å²) in [6.45, 7) is 6.80. The number of piperazine rings is 1. The lowest BCUT2D eigenvalue weighted by atomic mass is 10.00. The minimum absolute atomic E-state index is 0.0201. The number of ether oxygens (including phenoxy) is 2. The molecule has 10 nitrogen and oxygen atoms in total. The standard InChI is InChI=1S/C35H43F3N4O6S/c1-4-5-18-47-34(44)42-26-8-9-27(42)22-29(21-26)48-28-10-13-31-24(19-28)20-32(41(31)23(2)3)33(43)39-14-16-40(17-15-39)49(45,46)30-11-6-25(7-12-30)35(36,37)38/h6-7,10-13,19-20,23,26-27,29H,4-5,8-9,14-18,21-22H2,1-3H3/t26-,27+,29?. The summed E-state index contributed by atoms with van der Waals surface area (Å²) in [5, 5.41) is 0.845. The number of unbranched alkanes of at least 4 members (excludes halogenated alkanes) is 1. The van der Waals surface area contributed by atoms with Crippen LogP contribution in [0.15, 0.2) is 53.4 Å². The van der Waals surface area contributed by atoms with Crippen molar-refractivity contribution in [3.05, 3.63) is 59.8 Å². The lowest BCUT2D eigenvalue weighted by Gasteiger charge is -2.38. The molecule has 0 spiro atoms. The van der Waals surface area contributed by atoms with Gasteiger partial charge >= 0.3 is 12.3 Å². The Hall–Kier alpha value is -3.78. The summed E-state index contributed by atoms with van der Waals surface area (Å²) in [5.74, 6) is 0.464. The number of carbonyl (C=O) groups is 2. The zero-order valence-corrected chi connectivity index (χ0v) is 28.8. The summed E-state index contributed by atoms with van der Waals surface area (Å²) < 4.78 is 80.4. The first-order valence-electron chi connectivity index (χ1n) is 17.0. The molecule has 4 heterocycles. The number of halogens is 3. The van der Waals surface area contributed by atoms with E-state index in [1.165, 1.54) is 4.31 Å². The van der Waals surface area contributed by atoms with Crippen LogP contribution in [0.25, 0.3) is 10.9 Å². The van der Waals surface area contributed by atoms with Crippen LogP contribution < -0.4 is 4.74 Å². The molecule has 14 heteroatoms. The van der Waals surface area contributed by atoms with Crippen molar-refractivity contribution in [3.63, 3.8) is 0 Å². The fraction of sp³-hybridized carbons (Fsp3) is 0.543. The monoisotopic (exact) mass is 704 g/mol. The van der Waals surface area contributed by atoms with Crippen molar-refractivity contribution in [1.82, 2.24) is 18.7 Å². The number of hydrogen-bond donors (Lipinski definition) is 0. The Morgan fingerprint density at radius 3 is 2.18 bits per heavy atom. The molecular formula is C35H43F3N4O6S. The molecule has 1 unspecified atom stereocenters. The maximum absolute atomic E-state index is 13.9. The van der Waals surface area contributed by atoms with E-state index >= 15 is 0 Å². The molecule has 1 aromatic heterocycles. The molecule has 2 bridgehead atoms. The van der Waals surface area contributed by atoms with E-state index in [1.54, 1.807) is 4.90 Å². The molecule has 3 saturated heterocycles. The molecule has 2 amide bonds. The van der Waals surface area contributed by atoms with Gasteiger partial charge in [0.2, 0.25) is 10.0 Å². The second-order valence-electron chi connectivity index (χ2n) is 13.4. The summed E-state index contributed by atoms with van der Waals surface area (Å²) in [5.41, 5.74) is 0.433. The molecule has 3 aromatic rings. The number of carbonyl (C=O) groups excluding carboxylic acids is 2. The second kappa shape index (κ2) is 13.9. The van der Waals surface area contributed by atoms with Crippen molar-refractivity contribution in [2.75, 3.05) is 32.8 Å². The Bertz CT molecular complexity index is 1770. The highest BCUT2D eigenvalue weighted by Crippen LogP contribution is 2.39. The molecule has 3 aliphatic heterocycles. The molecule has 3 atom stereocenters. The van der Waals surface area contributed by atoms with Crippen LogP contribution >= 0.6 is 0 Å². The highest BCUT2D eigenvalue weighted by atomic mass is 32.2. The summed E-state index contributed by atoms with van der Waals surface area (Å²) in [7, 11) is -4.03. The van der Waals surface area contributed by atoms with Crippen LogP contribution in [0, 0.1) is 0 Å². The van der Waals surface area contributed by atoms with Crippen LogP contribution in [0.2, 0.25) is 0 Å². The van der Waals surface area contributed by atoms with Crippen molar-refractivity contribution < 1.29 is 40.7 Å². The number of amides is 2. The Balaban J connectivity index is 1.12. The number of sulfonamides is 1. The van der Waals surface area contributed by atoms with E-state index in [0.29, 0.717) is 18.1 Å². The molecule has 0 saturated carbocycles. The van der Waals surface area contributed by atoms with Crippen LogP contribution in [-0.4, -0.2) is 90.1 Å². The lowest BCUT2D eigenvalue weighted by Crippen LogP contribution is -2.50. The molecule has 0 N–H and O–H groups in total. The average molecular weight is 705 g/mol.